The lowest BCUT2D eigenvalue weighted by Gasteiger charge is -2.16. The second kappa shape index (κ2) is 8.31. The standard InChI is InChI=1S/C22H26N4O4/c1-13(2)14-6-7-21(29-3)17(9-14)16-10-18(20(28)11-19(16)27)22-23-24-25-26(22)12-15-5-4-8-30-15/h6-7,9-11,13,15,27-28H,4-5,8,12H2,1-3H3. The number of tetrazole rings is 1. The number of rotatable bonds is 6. The quantitative estimate of drug-likeness (QED) is 0.638. The minimum atomic E-state index is -0.0985. The van der Waals surface area contributed by atoms with Crippen LogP contribution in [0.25, 0.3) is 22.5 Å². The molecule has 30 heavy (non-hydrogen) atoms. The average Bonchev–Trinajstić information content (AvgIpc) is 3.40. The van der Waals surface area contributed by atoms with Crippen LogP contribution in [0, 0.1) is 0 Å². The van der Waals surface area contributed by atoms with Crippen LogP contribution >= 0.6 is 0 Å². The minimum Gasteiger partial charge on any atom is -0.507 e. The first-order valence-electron chi connectivity index (χ1n) is 10.1. The van der Waals surface area contributed by atoms with E-state index in [0.29, 0.717) is 35.2 Å². The van der Waals surface area contributed by atoms with E-state index in [0.717, 1.165) is 30.6 Å². The number of ether oxygens (including phenoxy) is 2. The van der Waals surface area contributed by atoms with Crippen molar-refractivity contribution >= 4 is 0 Å². The van der Waals surface area contributed by atoms with Crippen molar-refractivity contribution in [1.29, 1.82) is 0 Å². The Balaban J connectivity index is 1.80. The van der Waals surface area contributed by atoms with Gasteiger partial charge in [0.2, 0.25) is 0 Å². The molecule has 4 rings (SSSR count). The first-order chi connectivity index (χ1) is 14.5. The molecule has 0 amide bonds. The zero-order chi connectivity index (χ0) is 21.3. The van der Waals surface area contributed by atoms with Crippen molar-refractivity contribution in [2.75, 3.05) is 13.7 Å². The second-order valence-electron chi connectivity index (χ2n) is 7.82. The SMILES string of the molecule is COc1ccc(C(C)C)cc1-c1cc(-c2nnnn2CC2CCCO2)c(O)cc1O. The van der Waals surface area contributed by atoms with E-state index in [1.54, 1.807) is 17.9 Å². The molecule has 8 heteroatoms. The van der Waals surface area contributed by atoms with Gasteiger partial charge in [0.05, 0.1) is 25.3 Å². The number of aromatic nitrogens is 4. The van der Waals surface area contributed by atoms with Crippen molar-refractivity contribution in [3.8, 4) is 39.8 Å². The van der Waals surface area contributed by atoms with Gasteiger partial charge in [0.15, 0.2) is 5.82 Å². The highest BCUT2D eigenvalue weighted by molar-refractivity contribution is 5.82. The van der Waals surface area contributed by atoms with E-state index in [-0.39, 0.29) is 17.6 Å². The third kappa shape index (κ3) is 3.82. The van der Waals surface area contributed by atoms with Gasteiger partial charge >= 0.3 is 0 Å². The largest absolute Gasteiger partial charge is 0.507 e. The maximum atomic E-state index is 10.6. The van der Waals surface area contributed by atoms with Gasteiger partial charge in [-0.25, -0.2) is 4.68 Å². The number of hydrogen-bond acceptors (Lipinski definition) is 7. The van der Waals surface area contributed by atoms with Gasteiger partial charge in [0.25, 0.3) is 0 Å². The molecule has 0 radical (unpaired) electrons. The van der Waals surface area contributed by atoms with E-state index in [2.05, 4.69) is 29.4 Å². The smallest absolute Gasteiger partial charge is 0.185 e. The molecule has 2 aromatic carbocycles. The Morgan fingerprint density at radius 2 is 1.93 bits per heavy atom. The molecule has 2 heterocycles. The van der Waals surface area contributed by atoms with Crippen molar-refractivity contribution < 1.29 is 19.7 Å². The summed E-state index contributed by atoms with van der Waals surface area (Å²) in [5.74, 6) is 1.22. The van der Waals surface area contributed by atoms with Crippen LogP contribution in [0.5, 0.6) is 17.2 Å². The second-order valence-corrected chi connectivity index (χ2v) is 7.82. The van der Waals surface area contributed by atoms with E-state index in [1.165, 1.54) is 6.07 Å². The third-order valence-electron chi connectivity index (χ3n) is 5.47. The van der Waals surface area contributed by atoms with E-state index in [9.17, 15) is 10.2 Å². The topological polar surface area (TPSA) is 103 Å². The van der Waals surface area contributed by atoms with Gasteiger partial charge in [-0.15, -0.1) is 5.10 Å². The van der Waals surface area contributed by atoms with Crippen LogP contribution < -0.4 is 4.74 Å². The summed E-state index contributed by atoms with van der Waals surface area (Å²) in [6.07, 6.45) is 2.02. The molecule has 1 saturated heterocycles. The van der Waals surface area contributed by atoms with E-state index < -0.39 is 0 Å². The molecule has 3 aromatic rings. The number of benzene rings is 2. The fraction of sp³-hybridized carbons (Fsp3) is 0.409. The average molecular weight is 410 g/mol. The summed E-state index contributed by atoms with van der Waals surface area (Å²) in [4.78, 5) is 0. The van der Waals surface area contributed by atoms with E-state index in [1.807, 2.05) is 18.2 Å². The summed E-state index contributed by atoms with van der Waals surface area (Å²) in [5.41, 5.74) is 2.82. The zero-order valence-electron chi connectivity index (χ0n) is 17.4. The van der Waals surface area contributed by atoms with Crippen LogP contribution in [0.3, 0.4) is 0 Å². The van der Waals surface area contributed by atoms with E-state index in [4.69, 9.17) is 9.47 Å². The van der Waals surface area contributed by atoms with E-state index >= 15 is 0 Å². The Morgan fingerprint density at radius 3 is 2.63 bits per heavy atom. The van der Waals surface area contributed by atoms with Crippen molar-refractivity contribution in [3.63, 3.8) is 0 Å². The molecule has 1 atom stereocenters. The lowest BCUT2D eigenvalue weighted by atomic mass is 9.94. The highest BCUT2D eigenvalue weighted by Gasteiger charge is 2.23. The molecule has 0 saturated carbocycles. The van der Waals surface area contributed by atoms with Crippen LogP contribution in [-0.2, 0) is 11.3 Å². The summed E-state index contributed by atoms with van der Waals surface area (Å²) >= 11 is 0. The van der Waals surface area contributed by atoms with Gasteiger partial charge in [0.1, 0.15) is 17.2 Å². The Hall–Kier alpha value is -3.13. The fourth-order valence-corrected chi connectivity index (χ4v) is 3.77. The molecule has 0 bridgehead atoms. The van der Waals surface area contributed by atoms with Gasteiger partial charge in [0, 0.05) is 23.8 Å². The highest BCUT2D eigenvalue weighted by atomic mass is 16.5. The molecule has 1 unspecified atom stereocenters. The molecule has 0 aliphatic carbocycles. The summed E-state index contributed by atoms with van der Waals surface area (Å²) in [6, 6.07) is 8.90. The van der Waals surface area contributed by atoms with Crippen LogP contribution in [0.4, 0.5) is 0 Å². The summed E-state index contributed by atoms with van der Waals surface area (Å²) in [5, 5.41) is 33.2. The molecule has 158 valence electrons. The van der Waals surface area contributed by atoms with Gasteiger partial charge in [-0.3, -0.25) is 0 Å². The monoisotopic (exact) mass is 410 g/mol. The van der Waals surface area contributed by atoms with Gasteiger partial charge < -0.3 is 19.7 Å². The Morgan fingerprint density at radius 1 is 1.13 bits per heavy atom. The summed E-state index contributed by atoms with van der Waals surface area (Å²) < 4.78 is 12.8. The molecule has 0 spiro atoms. The van der Waals surface area contributed by atoms with Crippen molar-refractivity contribution in [3.05, 3.63) is 35.9 Å². The maximum Gasteiger partial charge on any atom is 0.185 e. The number of aromatic hydroxyl groups is 2. The normalized spacial score (nSPS) is 16.3. The maximum absolute atomic E-state index is 10.6. The molecule has 8 nitrogen and oxygen atoms in total. The molecule has 1 fully saturated rings. The Bertz CT molecular complexity index is 1040. The van der Waals surface area contributed by atoms with Crippen molar-refractivity contribution in [1.82, 2.24) is 20.2 Å². The van der Waals surface area contributed by atoms with Crippen molar-refractivity contribution in [2.24, 2.45) is 0 Å². The number of phenols is 2. The Kier molecular flexibility index (Phi) is 5.59. The van der Waals surface area contributed by atoms with Crippen LogP contribution in [-0.4, -0.2) is 50.2 Å². The third-order valence-corrected chi connectivity index (χ3v) is 5.47. The molecule has 1 aromatic heterocycles. The molecular formula is C22H26N4O4. The molecule has 2 N–H and O–H groups in total. The number of phenolic OH excluding ortho intramolecular Hbond substituents is 2. The minimum absolute atomic E-state index is 0.0476. The predicted molar refractivity (Wildman–Crippen MR) is 112 cm³/mol. The van der Waals surface area contributed by atoms with Gasteiger partial charge in [-0.05, 0) is 52.9 Å². The van der Waals surface area contributed by atoms with Crippen LogP contribution in [0.2, 0.25) is 0 Å². The lowest BCUT2D eigenvalue weighted by molar-refractivity contribution is 0.0939. The zero-order valence-corrected chi connectivity index (χ0v) is 17.4. The number of methoxy groups -OCH3 is 1. The number of nitrogens with zero attached hydrogens (tertiary/aromatic N) is 4. The fourth-order valence-electron chi connectivity index (χ4n) is 3.77. The highest BCUT2D eigenvalue weighted by Crippen LogP contribution is 2.43. The molecule has 1 aliphatic rings. The van der Waals surface area contributed by atoms with Gasteiger partial charge in [-0.1, -0.05) is 19.9 Å². The van der Waals surface area contributed by atoms with Crippen LogP contribution in [0.1, 0.15) is 38.2 Å². The predicted octanol–water partition coefficient (Wildman–Crippen LogP) is 3.73. The first-order valence-corrected chi connectivity index (χ1v) is 10.1. The van der Waals surface area contributed by atoms with Crippen LogP contribution in [0.15, 0.2) is 30.3 Å². The Labute approximate surface area is 175 Å². The summed E-state index contributed by atoms with van der Waals surface area (Å²) in [7, 11) is 1.59. The number of hydrogen-bond donors (Lipinski definition) is 2. The first kappa shape index (κ1) is 20.2. The summed E-state index contributed by atoms with van der Waals surface area (Å²) in [6.45, 7) is 5.45. The van der Waals surface area contributed by atoms with Crippen molar-refractivity contribution in [2.45, 2.75) is 45.3 Å². The van der Waals surface area contributed by atoms with Gasteiger partial charge in [-0.2, -0.15) is 0 Å². The molecular weight excluding hydrogens is 384 g/mol. The molecule has 1 aliphatic heterocycles. The lowest BCUT2D eigenvalue weighted by Crippen LogP contribution is -2.17.